The Bertz CT molecular complexity index is 856. The molecule has 0 unspecified atom stereocenters. The molecule has 2 aromatic heterocycles. The van der Waals surface area contributed by atoms with Gasteiger partial charge in [0, 0.05) is 18.1 Å². The second-order valence-electron chi connectivity index (χ2n) is 4.44. The van der Waals surface area contributed by atoms with Crippen molar-refractivity contribution in [3.05, 3.63) is 48.3 Å². The summed E-state index contributed by atoms with van der Waals surface area (Å²) in [5.74, 6) is -0.143. The van der Waals surface area contributed by atoms with Crippen LogP contribution < -0.4 is 5.73 Å². The predicted molar refractivity (Wildman–Crippen MR) is 75.6 cm³/mol. The van der Waals surface area contributed by atoms with Crippen molar-refractivity contribution >= 4 is 26.6 Å². The molecule has 0 atom stereocenters. The smallest absolute Gasteiger partial charge is 0.226 e. The molecule has 2 heterocycles. The molecule has 0 bridgehead atoms. The van der Waals surface area contributed by atoms with Crippen LogP contribution in [-0.2, 0) is 15.6 Å². The summed E-state index contributed by atoms with van der Waals surface area (Å²) in [6, 6.07) is 8.44. The van der Waals surface area contributed by atoms with Crippen LogP contribution in [0.1, 0.15) is 5.56 Å². The number of nitrogens with two attached hydrogens (primary N) is 1. The normalized spacial score (nSPS) is 11.8. The lowest BCUT2D eigenvalue weighted by Gasteiger charge is -2.00. The standard InChI is InChI=1S/C13H12N4O2S/c14-10-3-4-11-12(6-10)17-13(16-11)20(18,19)8-9-2-1-5-15-7-9/h1-7H,8,14H2,(H,16,17). The van der Waals surface area contributed by atoms with Gasteiger partial charge >= 0.3 is 0 Å². The first kappa shape index (κ1) is 12.6. The average molecular weight is 288 g/mol. The number of nitrogens with zero attached hydrogens (tertiary/aromatic N) is 2. The van der Waals surface area contributed by atoms with Gasteiger partial charge in [-0.2, -0.15) is 0 Å². The van der Waals surface area contributed by atoms with Crippen molar-refractivity contribution in [2.24, 2.45) is 0 Å². The summed E-state index contributed by atoms with van der Waals surface area (Å²) < 4.78 is 24.6. The zero-order valence-corrected chi connectivity index (χ0v) is 11.3. The first-order valence-corrected chi connectivity index (χ1v) is 7.57. The molecule has 0 aliphatic rings. The zero-order chi connectivity index (χ0) is 14.2. The maximum absolute atomic E-state index is 12.3. The van der Waals surface area contributed by atoms with Crippen molar-refractivity contribution in [3.63, 3.8) is 0 Å². The van der Waals surface area contributed by atoms with Crippen molar-refractivity contribution in [3.8, 4) is 0 Å². The fourth-order valence-electron chi connectivity index (χ4n) is 1.92. The third-order valence-electron chi connectivity index (χ3n) is 2.86. The lowest BCUT2D eigenvalue weighted by molar-refractivity contribution is 0.588. The molecule has 0 aliphatic carbocycles. The first-order chi connectivity index (χ1) is 9.54. The Labute approximate surface area is 115 Å². The van der Waals surface area contributed by atoms with Crippen LogP contribution in [-0.4, -0.2) is 23.4 Å². The van der Waals surface area contributed by atoms with Gasteiger partial charge in [0.1, 0.15) is 0 Å². The van der Waals surface area contributed by atoms with Crippen molar-refractivity contribution < 1.29 is 8.42 Å². The number of anilines is 1. The number of nitrogen functional groups attached to an aromatic ring is 1. The lowest BCUT2D eigenvalue weighted by Crippen LogP contribution is -2.07. The molecule has 20 heavy (non-hydrogen) atoms. The quantitative estimate of drug-likeness (QED) is 0.711. The van der Waals surface area contributed by atoms with E-state index in [1.807, 2.05) is 0 Å². The number of nitrogens with one attached hydrogen (secondary N) is 1. The number of rotatable bonds is 3. The molecule has 0 saturated heterocycles. The molecule has 0 aliphatic heterocycles. The molecule has 3 aromatic rings. The van der Waals surface area contributed by atoms with Crippen LogP contribution in [0.15, 0.2) is 47.9 Å². The third kappa shape index (κ3) is 2.35. The second-order valence-corrected chi connectivity index (χ2v) is 6.34. The monoisotopic (exact) mass is 288 g/mol. The van der Waals surface area contributed by atoms with Crippen LogP contribution in [0.3, 0.4) is 0 Å². The molecule has 0 amide bonds. The summed E-state index contributed by atoms with van der Waals surface area (Å²) in [6.07, 6.45) is 3.12. The number of aromatic nitrogens is 3. The summed E-state index contributed by atoms with van der Waals surface area (Å²) in [5, 5.41) is -0.0537. The number of sulfone groups is 1. The van der Waals surface area contributed by atoms with Gasteiger partial charge in [0.05, 0.1) is 16.8 Å². The van der Waals surface area contributed by atoms with Gasteiger partial charge in [-0.15, -0.1) is 0 Å². The Kier molecular flexibility index (Phi) is 2.90. The Hall–Kier alpha value is -2.41. The van der Waals surface area contributed by atoms with Crippen LogP contribution in [0.4, 0.5) is 5.69 Å². The molecular weight excluding hydrogens is 276 g/mol. The summed E-state index contributed by atoms with van der Waals surface area (Å²) in [6.45, 7) is 0. The van der Waals surface area contributed by atoms with E-state index in [-0.39, 0.29) is 10.9 Å². The van der Waals surface area contributed by atoms with Gasteiger partial charge in [-0.25, -0.2) is 13.4 Å². The van der Waals surface area contributed by atoms with Crippen LogP contribution in [0.2, 0.25) is 0 Å². The van der Waals surface area contributed by atoms with E-state index in [1.54, 1.807) is 36.5 Å². The molecule has 102 valence electrons. The summed E-state index contributed by atoms with van der Waals surface area (Å²) in [5.41, 5.74) is 8.01. The Morgan fingerprint density at radius 2 is 2.10 bits per heavy atom. The van der Waals surface area contributed by atoms with Crippen LogP contribution in [0.5, 0.6) is 0 Å². The van der Waals surface area contributed by atoms with Gasteiger partial charge in [-0.3, -0.25) is 4.98 Å². The minimum Gasteiger partial charge on any atom is -0.399 e. The number of fused-ring (bicyclic) bond motifs is 1. The fraction of sp³-hybridized carbons (Fsp3) is 0.0769. The van der Waals surface area contributed by atoms with Crippen molar-refractivity contribution in [2.75, 3.05) is 5.73 Å². The minimum atomic E-state index is -3.54. The maximum Gasteiger partial charge on any atom is 0.226 e. The van der Waals surface area contributed by atoms with E-state index in [9.17, 15) is 8.42 Å². The topological polar surface area (TPSA) is 102 Å². The van der Waals surface area contributed by atoms with Crippen LogP contribution in [0.25, 0.3) is 11.0 Å². The highest BCUT2D eigenvalue weighted by atomic mass is 32.2. The highest BCUT2D eigenvalue weighted by Crippen LogP contribution is 2.19. The number of aromatic amines is 1. The SMILES string of the molecule is Nc1ccc2nc(S(=O)(=O)Cc3cccnc3)[nH]c2c1. The summed E-state index contributed by atoms with van der Waals surface area (Å²) >= 11 is 0. The minimum absolute atomic E-state index is 0.0537. The van der Waals surface area contributed by atoms with E-state index >= 15 is 0 Å². The number of hydrogen-bond acceptors (Lipinski definition) is 5. The molecule has 0 saturated carbocycles. The molecule has 0 radical (unpaired) electrons. The summed E-state index contributed by atoms with van der Waals surface area (Å²) in [7, 11) is -3.54. The van der Waals surface area contributed by atoms with Gasteiger partial charge in [0.2, 0.25) is 15.0 Å². The van der Waals surface area contributed by atoms with Gasteiger partial charge in [0.15, 0.2) is 0 Å². The van der Waals surface area contributed by atoms with Crippen molar-refractivity contribution in [1.29, 1.82) is 0 Å². The third-order valence-corrected chi connectivity index (χ3v) is 4.35. The largest absolute Gasteiger partial charge is 0.399 e. The molecule has 6 nitrogen and oxygen atoms in total. The number of hydrogen-bond donors (Lipinski definition) is 2. The van der Waals surface area contributed by atoms with E-state index < -0.39 is 9.84 Å². The van der Waals surface area contributed by atoms with Gasteiger partial charge in [0.25, 0.3) is 0 Å². The number of H-pyrrole nitrogens is 1. The van der Waals surface area contributed by atoms with E-state index in [0.29, 0.717) is 22.3 Å². The molecule has 3 rings (SSSR count). The van der Waals surface area contributed by atoms with Crippen LogP contribution >= 0.6 is 0 Å². The number of imidazole rings is 1. The molecule has 0 spiro atoms. The highest BCUT2D eigenvalue weighted by Gasteiger charge is 2.20. The molecule has 7 heteroatoms. The number of pyridine rings is 1. The van der Waals surface area contributed by atoms with Gasteiger partial charge < -0.3 is 10.7 Å². The molecule has 3 N–H and O–H groups in total. The van der Waals surface area contributed by atoms with E-state index in [0.717, 1.165) is 0 Å². The first-order valence-electron chi connectivity index (χ1n) is 5.91. The zero-order valence-electron chi connectivity index (χ0n) is 10.4. The van der Waals surface area contributed by atoms with E-state index in [1.165, 1.54) is 6.20 Å². The highest BCUT2D eigenvalue weighted by molar-refractivity contribution is 7.90. The van der Waals surface area contributed by atoms with Gasteiger partial charge in [-0.1, -0.05) is 6.07 Å². The maximum atomic E-state index is 12.3. The molecule has 1 aromatic carbocycles. The average Bonchev–Trinajstić information content (AvgIpc) is 2.83. The fourth-order valence-corrected chi connectivity index (χ4v) is 3.17. The van der Waals surface area contributed by atoms with E-state index in [2.05, 4.69) is 15.0 Å². The van der Waals surface area contributed by atoms with Crippen molar-refractivity contribution in [2.45, 2.75) is 10.9 Å². The second kappa shape index (κ2) is 4.61. The summed E-state index contributed by atoms with van der Waals surface area (Å²) in [4.78, 5) is 10.8. The predicted octanol–water partition coefficient (Wildman–Crippen LogP) is 1.51. The Morgan fingerprint density at radius 1 is 1.25 bits per heavy atom. The number of benzene rings is 1. The van der Waals surface area contributed by atoms with E-state index in [4.69, 9.17) is 5.73 Å². The van der Waals surface area contributed by atoms with Gasteiger partial charge in [-0.05, 0) is 29.8 Å². The Balaban J connectivity index is 2.01. The lowest BCUT2D eigenvalue weighted by atomic mass is 10.3. The Morgan fingerprint density at radius 3 is 2.85 bits per heavy atom. The van der Waals surface area contributed by atoms with Crippen LogP contribution in [0, 0.1) is 0 Å². The molecular formula is C13H12N4O2S. The van der Waals surface area contributed by atoms with Crippen molar-refractivity contribution in [1.82, 2.24) is 15.0 Å². The molecule has 0 fully saturated rings.